The molecular formula is C12H16N2O. The van der Waals surface area contributed by atoms with Gasteiger partial charge < -0.3 is 4.90 Å². The minimum absolute atomic E-state index is 0.0184. The van der Waals surface area contributed by atoms with Crippen LogP contribution in [0, 0.1) is 0 Å². The fourth-order valence-electron chi connectivity index (χ4n) is 1.37. The molecule has 80 valence electrons. The van der Waals surface area contributed by atoms with Crippen LogP contribution < -0.4 is 0 Å². The van der Waals surface area contributed by atoms with Gasteiger partial charge in [-0.3, -0.25) is 9.78 Å². The van der Waals surface area contributed by atoms with Crippen LogP contribution >= 0.6 is 0 Å². The summed E-state index contributed by atoms with van der Waals surface area (Å²) < 4.78 is 0. The Bertz CT molecular complexity index is 322. The zero-order chi connectivity index (χ0) is 11.1. The van der Waals surface area contributed by atoms with Crippen molar-refractivity contribution < 1.29 is 4.79 Å². The highest BCUT2D eigenvalue weighted by molar-refractivity contribution is 5.93. The van der Waals surface area contributed by atoms with Gasteiger partial charge in [0, 0.05) is 25.5 Å². The second-order valence-electron chi connectivity index (χ2n) is 3.28. The van der Waals surface area contributed by atoms with Gasteiger partial charge in [0.15, 0.2) is 0 Å². The van der Waals surface area contributed by atoms with Gasteiger partial charge in [0.05, 0.1) is 5.56 Å². The molecule has 0 radical (unpaired) electrons. The van der Waals surface area contributed by atoms with Crippen LogP contribution in [0.1, 0.15) is 23.7 Å². The van der Waals surface area contributed by atoms with Gasteiger partial charge in [-0.2, -0.15) is 0 Å². The van der Waals surface area contributed by atoms with Gasteiger partial charge in [0.2, 0.25) is 0 Å². The normalized spacial score (nSPS) is 9.67. The zero-order valence-corrected chi connectivity index (χ0v) is 9.02. The van der Waals surface area contributed by atoms with Crippen molar-refractivity contribution >= 4 is 5.91 Å². The molecule has 3 nitrogen and oxygen atoms in total. The minimum Gasteiger partial charge on any atom is -0.335 e. The summed E-state index contributed by atoms with van der Waals surface area (Å²) in [6, 6.07) is 3.55. The summed E-state index contributed by atoms with van der Waals surface area (Å²) >= 11 is 0. The molecule has 0 fully saturated rings. The van der Waals surface area contributed by atoms with Gasteiger partial charge in [-0.25, -0.2) is 0 Å². The Kier molecular flexibility index (Phi) is 4.54. The molecule has 1 amide bonds. The first-order valence-electron chi connectivity index (χ1n) is 5.09. The first-order chi connectivity index (χ1) is 7.29. The quantitative estimate of drug-likeness (QED) is 0.688. The molecule has 3 heteroatoms. The van der Waals surface area contributed by atoms with Crippen molar-refractivity contribution in [2.75, 3.05) is 13.1 Å². The summed E-state index contributed by atoms with van der Waals surface area (Å²) in [5.41, 5.74) is 0.632. The van der Waals surface area contributed by atoms with E-state index in [-0.39, 0.29) is 5.91 Å². The van der Waals surface area contributed by atoms with E-state index in [0.717, 1.165) is 13.0 Å². The summed E-state index contributed by atoms with van der Waals surface area (Å²) in [7, 11) is 0. The Morgan fingerprint density at radius 3 is 3.00 bits per heavy atom. The molecule has 0 saturated carbocycles. The van der Waals surface area contributed by atoms with Gasteiger partial charge in [0.1, 0.15) is 0 Å². The highest BCUT2D eigenvalue weighted by Gasteiger charge is 2.12. The molecule has 0 atom stereocenters. The molecule has 0 aliphatic carbocycles. The molecule has 15 heavy (non-hydrogen) atoms. The number of pyridine rings is 1. The van der Waals surface area contributed by atoms with Crippen molar-refractivity contribution in [1.29, 1.82) is 0 Å². The number of nitrogens with zero attached hydrogens (tertiary/aromatic N) is 2. The smallest absolute Gasteiger partial charge is 0.255 e. The van der Waals surface area contributed by atoms with Gasteiger partial charge in [0.25, 0.3) is 5.91 Å². The van der Waals surface area contributed by atoms with Gasteiger partial charge in [-0.15, -0.1) is 6.58 Å². The van der Waals surface area contributed by atoms with Crippen LogP contribution in [-0.4, -0.2) is 28.9 Å². The van der Waals surface area contributed by atoms with Crippen molar-refractivity contribution in [3.05, 3.63) is 42.7 Å². The van der Waals surface area contributed by atoms with Gasteiger partial charge >= 0.3 is 0 Å². The van der Waals surface area contributed by atoms with Crippen LogP contribution in [0.3, 0.4) is 0 Å². The van der Waals surface area contributed by atoms with E-state index < -0.39 is 0 Å². The van der Waals surface area contributed by atoms with Crippen LogP contribution in [0.25, 0.3) is 0 Å². The molecule has 0 saturated heterocycles. The summed E-state index contributed by atoms with van der Waals surface area (Å²) in [6.07, 6.45) is 5.94. The second-order valence-corrected chi connectivity index (χ2v) is 3.28. The number of carbonyl (C=O) groups is 1. The molecule has 1 heterocycles. The van der Waals surface area contributed by atoms with E-state index in [1.54, 1.807) is 35.5 Å². The van der Waals surface area contributed by atoms with Crippen LogP contribution in [0.4, 0.5) is 0 Å². The first-order valence-corrected chi connectivity index (χ1v) is 5.09. The predicted octanol–water partition coefficient (Wildman–Crippen LogP) is 2.12. The van der Waals surface area contributed by atoms with Crippen molar-refractivity contribution in [3.8, 4) is 0 Å². The number of amides is 1. The van der Waals surface area contributed by atoms with Gasteiger partial charge in [-0.05, 0) is 18.6 Å². The Morgan fingerprint density at radius 2 is 2.47 bits per heavy atom. The Morgan fingerprint density at radius 1 is 1.67 bits per heavy atom. The molecular weight excluding hydrogens is 188 g/mol. The van der Waals surface area contributed by atoms with Crippen molar-refractivity contribution in [2.24, 2.45) is 0 Å². The molecule has 1 rings (SSSR count). The molecule has 0 spiro atoms. The highest BCUT2D eigenvalue weighted by atomic mass is 16.2. The minimum atomic E-state index is 0.0184. The SMILES string of the molecule is C=CCN(CCC)C(=O)c1cccnc1. The van der Waals surface area contributed by atoms with Crippen LogP contribution in [0.5, 0.6) is 0 Å². The standard InChI is InChI=1S/C12H16N2O/c1-3-8-14(9-4-2)12(15)11-6-5-7-13-10-11/h3,5-7,10H,1,4,8-9H2,2H3. The lowest BCUT2D eigenvalue weighted by Crippen LogP contribution is -2.31. The Hall–Kier alpha value is -1.64. The van der Waals surface area contributed by atoms with Gasteiger partial charge in [-0.1, -0.05) is 13.0 Å². The maximum Gasteiger partial charge on any atom is 0.255 e. The summed E-state index contributed by atoms with van der Waals surface area (Å²) in [5.74, 6) is 0.0184. The van der Waals surface area contributed by atoms with E-state index in [4.69, 9.17) is 0 Å². The molecule has 1 aromatic heterocycles. The largest absolute Gasteiger partial charge is 0.335 e. The zero-order valence-electron chi connectivity index (χ0n) is 9.02. The van der Waals surface area contributed by atoms with Crippen molar-refractivity contribution in [1.82, 2.24) is 9.88 Å². The number of hydrogen-bond donors (Lipinski definition) is 0. The van der Waals surface area contributed by atoms with E-state index in [1.807, 2.05) is 6.92 Å². The van der Waals surface area contributed by atoms with Crippen LogP contribution in [0.15, 0.2) is 37.2 Å². The first kappa shape index (κ1) is 11.4. The highest BCUT2D eigenvalue weighted by Crippen LogP contribution is 2.03. The van der Waals surface area contributed by atoms with E-state index in [2.05, 4.69) is 11.6 Å². The van der Waals surface area contributed by atoms with E-state index >= 15 is 0 Å². The molecule has 0 aliphatic heterocycles. The molecule has 0 unspecified atom stereocenters. The van der Waals surface area contributed by atoms with E-state index in [0.29, 0.717) is 12.1 Å². The number of aromatic nitrogens is 1. The average molecular weight is 204 g/mol. The third kappa shape index (κ3) is 3.20. The fourth-order valence-corrected chi connectivity index (χ4v) is 1.37. The number of rotatable bonds is 5. The third-order valence-corrected chi connectivity index (χ3v) is 2.04. The maximum atomic E-state index is 12.0. The number of carbonyl (C=O) groups excluding carboxylic acids is 1. The summed E-state index contributed by atoms with van der Waals surface area (Å²) in [4.78, 5) is 17.7. The molecule has 0 aliphatic rings. The second kappa shape index (κ2) is 5.96. The summed E-state index contributed by atoms with van der Waals surface area (Å²) in [6.45, 7) is 7.03. The van der Waals surface area contributed by atoms with Crippen LogP contribution in [0.2, 0.25) is 0 Å². The lowest BCUT2D eigenvalue weighted by Gasteiger charge is -2.19. The maximum absolute atomic E-state index is 12.0. The monoisotopic (exact) mass is 204 g/mol. The molecule has 0 aromatic carbocycles. The fraction of sp³-hybridized carbons (Fsp3) is 0.333. The Labute approximate surface area is 90.4 Å². The average Bonchev–Trinajstić information content (AvgIpc) is 2.29. The lowest BCUT2D eigenvalue weighted by atomic mass is 10.2. The van der Waals surface area contributed by atoms with Crippen molar-refractivity contribution in [3.63, 3.8) is 0 Å². The van der Waals surface area contributed by atoms with E-state index in [1.165, 1.54) is 0 Å². The van der Waals surface area contributed by atoms with Crippen LogP contribution in [-0.2, 0) is 0 Å². The predicted molar refractivity (Wildman–Crippen MR) is 60.6 cm³/mol. The lowest BCUT2D eigenvalue weighted by molar-refractivity contribution is 0.0773. The molecule has 1 aromatic rings. The van der Waals surface area contributed by atoms with E-state index in [9.17, 15) is 4.79 Å². The van der Waals surface area contributed by atoms with Crippen molar-refractivity contribution in [2.45, 2.75) is 13.3 Å². The molecule has 0 bridgehead atoms. The molecule has 0 N–H and O–H groups in total. The Balaban J connectivity index is 2.76. The third-order valence-electron chi connectivity index (χ3n) is 2.04. The number of hydrogen-bond acceptors (Lipinski definition) is 2. The summed E-state index contributed by atoms with van der Waals surface area (Å²) in [5, 5.41) is 0. The topological polar surface area (TPSA) is 33.2 Å².